The van der Waals surface area contributed by atoms with Gasteiger partial charge in [0.1, 0.15) is 0 Å². The fraction of sp³-hybridized carbons (Fsp3) is 0.769. The number of carbonyl (C=O) groups is 1. The van der Waals surface area contributed by atoms with Crippen LogP contribution in [0.15, 0.2) is 12.2 Å². The predicted molar refractivity (Wildman–Crippen MR) is 67.3 cm³/mol. The molecule has 3 nitrogen and oxygen atoms in total. The SMILES string of the molecule is CCC(C)(C)NC(=O)C(C)NC1CC=CC1. The summed E-state index contributed by atoms with van der Waals surface area (Å²) in [5.41, 5.74) is -0.110. The maximum atomic E-state index is 11.9. The summed E-state index contributed by atoms with van der Waals surface area (Å²) in [5, 5.41) is 6.41. The zero-order chi connectivity index (χ0) is 12.2. The summed E-state index contributed by atoms with van der Waals surface area (Å²) in [5.74, 6) is 0.0961. The second kappa shape index (κ2) is 5.48. The van der Waals surface area contributed by atoms with Crippen molar-refractivity contribution in [2.24, 2.45) is 0 Å². The molecule has 0 fully saturated rings. The first-order valence-electron chi connectivity index (χ1n) is 6.17. The van der Waals surface area contributed by atoms with E-state index in [4.69, 9.17) is 0 Å². The number of amides is 1. The van der Waals surface area contributed by atoms with Gasteiger partial charge in [-0.25, -0.2) is 0 Å². The molecule has 0 aromatic heterocycles. The first-order valence-corrected chi connectivity index (χ1v) is 6.17. The molecule has 1 rings (SSSR count). The van der Waals surface area contributed by atoms with Gasteiger partial charge in [-0.2, -0.15) is 0 Å². The van der Waals surface area contributed by atoms with Crippen LogP contribution in [0.1, 0.15) is 47.0 Å². The fourth-order valence-electron chi connectivity index (χ4n) is 1.71. The van der Waals surface area contributed by atoms with E-state index in [1.54, 1.807) is 0 Å². The molecule has 1 atom stereocenters. The van der Waals surface area contributed by atoms with Crippen LogP contribution in [0, 0.1) is 0 Å². The van der Waals surface area contributed by atoms with Crippen LogP contribution < -0.4 is 10.6 Å². The Balaban J connectivity index is 2.35. The van der Waals surface area contributed by atoms with Crippen LogP contribution in [0.3, 0.4) is 0 Å². The van der Waals surface area contributed by atoms with Crippen molar-refractivity contribution in [3.63, 3.8) is 0 Å². The molecule has 1 aliphatic rings. The third kappa shape index (κ3) is 3.97. The highest BCUT2D eigenvalue weighted by Gasteiger charge is 2.23. The zero-order valence-electron chi connectivity index (χ0n) is 10.8. The molecule has 0 saturated heterocycles. The van der Waals surface area contributed by atoms with Crippen LogP contribution in [0.5, 0.6) is 0 Å². The van der Waals surface area contributed by atoms with Crippen molar-refractivity contribution in [3.05, 3.63) is 12.2 Å². The lowest BCUT2D eigenvalue weighted by Crippen LogP contribution is -2.52. The third-order valence-corrected chi connectivity index (χ3v) is 3.23. The largest absolute Gasteiger partial charge is 0.350 e. The van der Waals surface area contributed by atoms with E-state index in [9.17, 15) is 4.79 Å². The Kier molecular flexibility index (Phi) is 4.54. The lowest BCUT2D eigenvalue weighted by Gasteiger charge is -2.27. The number of hydrogen-bond donors (Lipinski definition) is 2. The van der Waals surface area contributed by atoms with Crippen LogP contribution in [0.4, 0.5) is 0 Å². The van der Waals surface area contributed by atoms with Crippen molar-refractivity contribution in [2.75, 3.05) is 0 Å². The summed E-state index contributed by atoms with van der Waals surface area (Å²) in [6, 6.07) is 0.321. The van der Waals surface area contributed by atoms with Crippen LogP contribution in [0.2, 0.25) is 0 Å². The minimum absolute atomic E-state index is 0.0961. The van der Waals surface area contributed by atoms with Crippen molar-refractivity contribution in [2.45, 2.75) is 64.6 Å². The van der Waals surface area contributed by atoms with E-state index in [-0.39, 0.29) is 17.5 Å². The summed E-state index contributed by atoms with van der Waals surface area (Å²) in [6.07, 6.45) is 7.34. The molecule has 0 aliphatic heterocycles. The van der Waals surface area contributed by atoms with Gasteiger partial charge in [-0.1, -0.05) is 19.1 Å². The highest BCUT2D eigenvalue weighted by molar-refractivity contribution is 5.82. The van der Waals surface area contributed by atoms with Crippen molar-refractivity contribution in [1.29, 1.82) is 0 Å². The van der Waals surface area contributed by atoms with Gasteiger partial charge in [-0.15, -0.1) is 0 Å². The third-order valence-electron chi connectivity index (χ3n) is 3.23. The number of rotatable bonds is 5. The van der Waals surface area contributed by atoms with E-state index in [1.807, 2.05) is 6.92 Å². The summed E-state index contributed by atoms with van der Waals surface area (Å²) in [7, 11) is 0. The van der Waals surface area contributed by atoms with E-state index in [1.165, 1.54) is 0 Å². The van der Waals surface area contributed by atoms with Crippen LogP contribution in [-0.4, -0.2) is 23.5 Å². The van der Waals surface area contributed by atoms with Crippen molar-refractivity contribution in [1.82, 2.24) is 10.6 Å². The van der Waals surface area contributed by atoms with Gasteiger partial charge in [0.05, 0.1) is 6.04 Å². The molecule has 0 radical (unpaired) electrons. The Morgan fingerprint density at radius 3 is 2.50 bits per heavy atom. The lowest BCUT2D eigenvalue weighted by atomic mass is 10.0. The molecular formula is C13H24N2O. The quantitative estimate of drug-likeness (QED) is 0.701. The molecule has 16 heavy (non-hydrogen) atoms. The molecule has 1 amide bonds. The zero-order valence-corrected chi connectivity index (χ0v) is 10.8. The van der Waals surface area contributed by atoms with Gasteiger partial charge in [0.2, 0.25) is 5.91 Å². The number of carbonyl (C=O) groups excluding carboxylic acids is 1. The second-order valence-corrected chi connectivity index (χ2v) is 5.25. The van der Waals surface area contributed by atoms with Gasteiger partial charge in [0, 0.05) is 11.6 Å². The van der Waals surface area contributed by atoms with E-state index < -0.39 is 0 Å². The summed E-state index contributed by atoms with van der Waals surface area (Å²) in [4.78, 5) is 11.9. The van der Waals surface area contributed by atoms with Gasteiger partial charge in [0.15, 0.2) is 0 Å². The average Bonchev–Trinajstić information content (AvgIpc) is 2.69. The first kappa shape index (κ1) is 13.2. The fourth-order valence-corrected chi connectivity index (χ4v) is 1.71. The maximum Gasteiger partial charge on any atom is 0.237 e. The maximum absolute atomic E-state index is 11.9. The highest BCUT2D eigenvalue weighted by atomic mass is 16.2. The predicted octanol–water partition coefficient (Wildman–Crippen LogP) is 1.99. The van der Waals surface area contributed by atoms with Crippen LogP contribution in [0.25, 0.3) is 0 Å². The van der Waals surface area contributed by atoms with E-state index in [0.29, 0.717) is 6.04 Å². The molecule has 1 unspecified atom stereocenters. The Hall–Kier alpha value is -0.830. The average molecular weight is 224 g/mol. The second-order valence-electron chi connectivity index (χ2n) is 5.25. The molecule has 0 heterocycles. The van der Waals surface area contributed by atoms with Crippen LogP contribution in [-0.2, 0) is 4.79 Å². The van der Waals surface area contributed by atoms with Gasteiger partial charge in [-0.3, -0.25) is 4.79 Å². The molecular weight excluding hydrogens is 200 g/mol. The lowest BCUT2D eigenvalue weighted by molar-refractivity contribution is -0.124. The van der Waals surface area contributed by atoms with Gasteiger partial charge < -0.3 is 10.6 Å². The summed E-state index contributed by atoms with van der Waals surface area (Å²) < 4.78 is 0. The summed E-state index contributed by atoms with van der Waals surface area (Å²) in [6.45, 7) is 8.11. The Bertz CT molecular complexity index is 263. The molecule has 0 aromatic rings. The van der Waals surface area contributed by atoms with Gasteiger partial charge in [0.25, 0.3) is 0 Å². The molecule has 0 bridgehead atoms. The minimum Gasteiger partial charge on any atom is -0.350 e. The number of nitrogens with one attached hydrogen (secondary N) is 2. The van der Waals surface area contributed by atoms with Gasteiger partial charge >= 0.3 is 0 Å². The van der Waals surface area contributed by atoms with Gasteiger partial charge in [-0.05, 0) is 40.0 Å². The minimum atomic E-state index is -0.115. The molecule has 0 aromatic carbocycles. The first-order chi connectivity index (χ1) is 7.44. The van der Waals surface area contributed by atoms with Crippen molar-refractivity contribution >= 4 is 5.91 Å². The molecule has 0 spiro atoms. The normalized spacial score (nSPS) is 18.8. The molecule has 0 saturated carbocycles. The highest BCUT2D eigenvalue weighted by Crippen LogP contribution is 2.11. The van der Waals surface area contributed by atoms with E-state index in [2.05, 4.69) is 43.6 Å². The standard InChI is InChI=1S/C13H24N2O/c1-5-13(3,4)15-12(16)10(2)14-11-8-6-7-9-11/h6-7,10-11,14H,5,8-9H2,1-4H3,(H,15,16). The molecule has 2 N–H and O–H groups in total. The van der Waals surface area contributed by atoms with Crippen molar-refractivity contribution in [3.8, 4) is 0 Å². The van der Waals surface area contributed by atoms with E-state index >= 15 is 0 Å². The monoisotopic (exact) mass is 224 g/mol. The van der Waals surface area contributed by atoms with E-state index in [0.717, 1.165) is 19.3 Å². The smallest absolute Gasteiger partial charge is 0.237 e. The Labute approximate surface area is 98.7 Å². The molecule has 3 heteroatoms. The Morgan fingerprint density at radius 1 is 1.44 bits per heavy atom. The molecule has 92 valence electrons. The topological polar surface area (TPSA) is 41.1 Å². The molecule has 1 aliphatic carbocycles. The number of hydrogen-bond acceptors (Lipinski definition) is 2. The Morgan fingerprint density at radius 2 is 2.00 bits per heavy atom. The van der Waals surface area contributed by atoms with Crippen LogP contribution >= 0.6 is 0 Å². The van der Waals surface area contributed by atoms with Crippen molar-refractivity contribution < 1.29 is 4.79 Å². The summed E-state index contributed by atoms with van der Waals surface area (Å²) >= 11 is 0.